The first-order chi connectivity index (χ1) is 10.2. The van der Waals surface area contributed by atoms with Crippen molar-refractivity contribution < 1.29 is 4.39 Å². The van der Waals surface area contributed by atoms with Gasteiger partial charge in [-0.15, -0.1) is 0 Å². The van der Waals surface area contributed by atoms with E-state index in [4.69, 9.17) is 0 Å². The van der Waals surface area contributed by atoms with Crippen LogP contribution in [0.3, 0.4) is 0 Å². The fourth-order valence-electron chi connectivity index (χ4n) is 3.55. The molecule has 21 heavy (non-hydrogen) atoms. The second-order valence-electron chi connectivity index (χ2n) is 6.53. The predicted molar refractivity (Wildman–Crippen MR) is 88.3 cm³/mol. The lowest BCUT2D eigenvalue weighted by atomic mass is 9.79. The van der Waals surface area contributed by atoms with E-state index < -0.39 is 0 Å². The van der Waals surface area contributed by atoms with Crippen molar-refractivity contribution in [1.82, 2.24) is 5.32 Å². The summed E-state index contributed by atoms with van der Waals surface area (Å²) < 4.78 is 13.1. The Balaban J connectivity index is 2.07. The van der Waals surface area contributed by atoms with E-state index in [1.165, 1.54) is 38.5 Å². The second-order valence-corrected chi connectivity index (χ2v) is 6.53. The van der Waals surface area contributed by atoms with Gasteiger partial charge in [-0.1, -0.05) is 32.6 Å². The molecule has 0 aromatic heterocycles. The Labute approximate surface area is 128 Å². The van der Waals surface area contributed by atoms with Crippen molar-refractivity contribution in [3.05, 3.63) is 30.1 Å². The highest BCUT2D eigenvalue weighted by atomic mass is 19.1. The first kappa shape index (κ1) is 16.3. The van der Waals surface area contributed by atoms with E-state index in [0.717, 1.165) is 25.3 Å². The van der Waals surface area contributed by atoms with Gasteiger partial charge in [-0.25, -0.2) is 4.39 Å². The number of nitrogens with one attached hydrogen (secondary N) is 1. The summed E-state index contributed by atoms with van der Waals surface area (Å²) in [5.41, 5.74) is 1.46. The minimum atomic E-state index is -0.163. The molecule has 0 radical (unpaired) electrons. The van der Waals surface area contributed by atoms with Gasteiger partial charge in [-0.2, -0.15) is 0 Å². The molecule has 0 atom stereocenters. The van der Waals surface area contributed by atoms with Crippen LogP contribution < -0.4 is 10.2 Å². The maximum Gasteiger partial charge on any atom is 0.123 e. The van der Waals surface area contributed by atoms with E-state index >= 15 is 0 Å². The van der Waals surface area contributed by atoms with E-state index in [1.807, 2.05) is 12.1 Å². The largest absolute Gasteiger partial charge is 0.374 e. The molecule has 2 nitrogen and oxygen atoms in total. The Morgan fingerprint density at radius 3 is 2.29 bits per heavy atom. The molecule has 118 valence electrons. The van der Waals surface area contributed by atoms with Gasteiger partial charge in [0.2, 0.25) is 0 Å². The lowest BCUT2D eigenvalue weighted by Crippen LogP contribution is -2.43. The van der Waals surface area contributed by atoms with Gasteiger partial charge in [0.25, 0.3) is 0 Å². The van der Waals surface area contributed by atoms with Crippen LogP contribution in [0.2, 0.25) is 0 Å². The number of anilines is 1. The van der Waals surface area contributed by atoms with E-state index in [9.17, 15) is 4.39 Å². The Morgan fingerprint density at radius 1 is 1.10 bits per heavy atom. The summed E-state index contributed by atoms with van der Waals surface area (Å²) >= 11 is 0. The maximum absolute atomic E-state index is 13.1. The molecule has 3 heteroatoms. The molecular formula is C18H29FN2. The van der Waals surface area contributed by atoms with Crippen molar-refractivity contribution in [2.45, 2.75) is 45.4 Å². The van der Waals surface area contributed by atoms with E-state index in [0.29, 0.717) is 5.41 Å². The third-order valence-corrected chi connectivity index (χ3v) is 4.75. The van der Waals surface area contributed by atoms with Crippen molar-refractivity contribution in [2.24, 2.45) is 5.41 Å². The average Bonchev–Trinajstić information content (AvgIpc) is 2.72. The first-order valence-corrected chi connectivity index (χ1v) is 8.33. The van der Waals surface area contributed by atoms with Crippen molar-refractivity contribution in [3.63, 3.8) is 0 Å². The van der Waals surface area contributed by atoms with Gasteiger partial charge < -0.3 is 10.2 Å². The van der Waals surface area contributed by atoms with Crippen molar-refractivity contribution in [3.8, 4) is 0 Å². The van der Waals surface area contributed by atoms with Crippen LogP contribution in [0.4, 0.5) is 10.1 Å². The van der Waals surface area contributed by atoms with Crippen LogP contribution in [-0.2, 0) is 0 Å². The quantitative estimate of drug-likeness (QED) is 0.790. The summed E-state index contributed by atoms with van der Waals surface area (Å²) in [6.45, 7) is 5.34. The monoisotopic (exact) mass is 292 g/mol. The lowest BCUT2D eigenvalue weighted by molar-refractivity contribution is 0.241. The number of rotatable bonds is 6. The summed E-state index contributed by atoms with van der Waals surface area (Å²) in [4.78, 5) is 2.29. The summed E-state index contributed by atoms with van der Waals surface area (Å²) in [6.07, 6.45) is 8.00. The highest BCUT2D eigenvalue weighted by Gasteiger charge is 2.31. The van der Waals surface area contributed by atoms with Gasteiger partial charge in [-0.3, -0.25) is 0 Å². The van der Waals surface area contributed by atoms with Crippen LogP contribution in [0.25, 0.3) is 0 Å². The molecule has 0 aliphatic heterocycles. The predicted octanol–water partition coefficient (Wildman–Crippen LogP) is 4.21. The summed E-state index contributed by atoms with van der Waals surface area (Å²) in [5, 5.41) is 3.57. The van der Waals surface area contributed by atoms with Crippen LogP contribution in [0.1, 0.15) is 45.4 Å². The first-order valence-electron chi connectivity index (χ1n) is 8.33. The minimum absolute atomic E-state index is 0.163. The highest BCUT2D eigenvalue weighted by Crippen LogP contribution is 2.36. The molecule has 0 bridgehead atoms. The van der Waals surface area contributed by atoms with E-state index in [1.54, 1.807) is 12.1 Å². The standard InChI is InChI=1S/C18H29FN2/c1-3-20-14-18(12-6-4-5-7-13-18)15-21(2)17-10-8-16(19)9-11-17/h8-11,20H,3-7,12-15H2,1-2H3. The van der Waals surface area contributed by atoms with Crippen molar-refractivity contribution in [1.29, 1.82) is 0 Å². The van der Waals surface area contributed by atoms with Gasteiger partial charge >= 0.3 is 0 Å². The van der Waals surface area contributed by atoms with Gasteiger partial charge in [0.1, 0.15) is 5.82 Å². The Kier molecular flexibility index (Phi) is 6.04. The van der Waals surface area contributed by atoms with E-state index in [-0.39, 0.29) is 5.82 Å². The molecule has 1 aliphatic rings. The molecule has 1 saturated carbocycles. The molecule has 0 saturated heterocycles. The molecule has 0 amide bonds. The number of nitrogens with zero attached hydrogens (tertiary/aromatic N) is 1. The number of hydrogen-bond donors (Lipinski definition) is 1. The average molecular weight is 292 g/mol. The fraction of sp³-hybridized carbons (Fsp3) is 0.667. The van der Waals surface area contributed by atoms with Crippen LogP contribution in [0, 0.1) is 11.2 Å². The third-order valence-electron chi connectivity index (χ3n) is 4.75. The maximum atomic E-state index is 13.1. The second kappa shape index (κ2) is 7.79. The molecular weight excluding hydrogens is 263 g/mol. The van der Waals surface area contributed by atoms with Gasteiger partial charge in [0.05, 0.1) is 0 Å². The van der Waals surface area contributed by atoms with Crippen LogP contribution in [0.5, 0.6) is 0 Å². The molecule has 0 unspecified atom stereocenters. The molecule has 1 aromatic rings. The van der Waals surface area contributed by atoms with Gasteiger partial charge in [0, 0.05) is 31.2 Å². The minimum Gasteiger partial charge on any atom is -0.374 e. The fourth-order valence-corrected chi connectivity index (χ4v) is 3.55. The summed E-state index contributed by atoms with van der Waals surface area (Å²) in [6, 6.07) is 6.87. The molecule has 1 aromatic carbocycles. The molecule has 1 aliphatic carbocycles. The zero-order valence-electron chi connectivity index (χ0n) is 13.5. The van der Waals surface area contributed by atoms with E-state index in [2.05, 4.69) is 24.2 Å². The smallest absolute Gasteiger partial charge is 0.123 e. The lowest BCUT2D eigenvalue weighted by Gasteiger charge is -2.38. The Bertz CT molecular complexity index is 408. The van der Waals surface area contributed by atoms with Gasteiger partial charge in [-0.05, 0) is 43.7 Å². The number of benzene rings is 1. The van der Waals surface area contributed by atoms with Crippen LogP contribution >= 0.6 is 0 Å². The topological polar surface area (TPSA) is 15.3 Å². The number of hydrogen-bond acceptors (Lipinski definition) is 2. The Morgan fingerprint density at radius 2 is 1.71 bits per heavy atom. The van der Waals surface area contributed by atoms with Crippen molar-refractivity contribution >= 4 is 5.69 Å². The highest BCUT2D eigenvalue weighted by molar-refractivity contribution is 5.45. The molecule has 1 N–H and O–H groups in total. The SMILES string of the molecule is CCNCC1(CN(C)c2ccc(F)cc2)CCCCCC1. The number of halogens is 1. The van der Waals surface area contributed by atoms with Gasteiger partial charge in [0.15, 0.2) is 0 Å². The Hall–Kier alpha value is -1.09. The third kappa shape index (κ3) is 4.70. The molecule has 0 spiro atoms. The summed E-state index contributed by atoms with van der Waals surface area (Å²) in [7, 11) is 2.13. The molecule has 2 rings (SSSR count). The van der Waals surface area contributed by atoms with Crippen LogP contribution in [-0.4, -0.2) is 26.7 Å². The molecule has 1 fully saturated rings. The van der Waals surface area contributed by atoms with Crippen molar-refractivity contribution in [2.75, 3.05) is 31.6 Å². The molecule has 0 heterocycles. The van der Waals surface area contributed by atoms with Crippen LogP contribution in [0.15, 0.2) is 24.3 Å². The zero-order valence-corrected chi connectivity index (χ0v) is 13.5. The summed E-state index contributed by atoms with van der Waals surface area (Å²) in [5.74, 6) is -0.163. The normalized spacial score (nSPS) is 18.2. The zero-order chi connectivity index (χ0) is 15.1.